The van der Waals surface area contributed by atoms with Gasteiger partial charge in [-0.3, -0.25) is 14.4 Å². The number of anilines is 1. The number of fused-ring (bicyclic) bond motifs is 1. The Morgan fingerprint density at radius 2 is 1.93 bits per heavy atom. The van der Waals surface area contributed by atoms with Gasteiger partial charge in [0, 0.05) is 12.0 Å². The third-order valence-corrected chi connectivity index (χ3v) is 5.76. The maximum atomic E-state index is 12.4. The quantitative estimate of drug-likeness (QED) is 0.549. The molecule has 0 unspecified atom stereocenters. The number of nitrogens with one attached hydrogen (secondary N) is 1. The van der Waals surface area contributed by atoms with Crippen molar-refractivity contribution in [2.75, 3.05) is 5.32 Å². The van der Waals surface area contributed by atoms with Gasteiger partial charge in [-0.15, -0.1) is 11.3 Å². The first-order valence-corrected chi connectivity index (χ1v) is 10.5. The molecule has 3 rings (SSSR count). The zero-order valence-electron chi connectivity index (χ0n) is 16.2. The maximum Gasteiger partial charge on any atom is 0.307 e. The second-order valence-corrected chi connectivity index (χ2v) is 7.93. The van der Waals surface area contributed by atoms with E-state index in [0.29, 0.717) is 16.1 Å². The van der Waals surface area contributed by atoms with E-state index >= 15 is 0 Å². The van der Waals surface area contributed by atoms with Crippen LogP contribution in [0, 0.1) is 11.3 Å². The number of amides is 1. The number of ether oxygens (including phenoxy) is 1. The summed E-state index contributed by atoms with van der Waals surface area (Å²) < 4.78 is 5.13. The summed E-state index contributed by atoms with van der Waals surface area (Å²) in [6.45, 7) is 1.46. The molecule has 1 aromatic heterocycles. The highest BCUT2D eigenvalue weighted by Gasteiger charge is 2.20. The van der Waals surface area contributed by atoms with Gasteiger partial charge in [0.2, 0.25) is 0 Å². The maximum absolute atomic E-state index is 12.4. The van der Waals surface area contributed by atoms with Crippen molar-refractivity contribution in [1.29, 1.82) is 5.26 Å². The molecule has 7 heteroatoms. The molecule has 1 N–H and O–H groups in total. The smallest absolute Gasteiger partial charge is 0.307 e. The van der Waals surface area contributed by atoms with Gasteiger partial charge in [-0.2, -0.15) is 5.26 Å². The van der Waals surface area contributed by atoms with Crippen LogP contribution in [-0.4, -0.2) is 23.8 Å². The zero-order valence-corrected chi connectivity index (χ0v) is 17.0. The number of nitriles is 1. The van der Waals surface area contributed by atoms with Crippen molar-refractivity contribution in [3.8, 4) is 6.07 Å². The van der Waals surface area contributed by atoms with E-state index in [0.717, 1.165) is 19.3 Å². The predicted molar refractivity (Wildman–Crippen MR) is 110 cm³/mol. The van der Waals surface area contributed by atoms with Gasteiger partial charge in [-0.05, 0) is 61.2 Å². The van der Waals surface area contributed by atoms with Gasteiger partial charge >= 0.3 is 5.97 Å². The van der Waals surface area contributed by atoms with Gasteiger partial charge in [-0.25, -0.2) is 0 Å². The van der Waals surface area contributed by atoms with Gasteiger partial charge in [0.05, 0.1) is 12.0 Å². The molecule has 2 aromatic rings. The number of Topliss-reactive ketones (excluding diaryl/α,β-unsaturated/α-hetero) is 1. The molecule has 0 radical (unpaired) electrons. The summed E-state index contributed by atoms with van der Waals surface area (Å²) in [6.07, 6.45) is 3.29. The molecule has 1 aliphatic carbocycles. The molecule has 1 aromatic carbocycles. The molecule has 1 amide bonds. The van der Waals surface area contributed by atoms with Gasteiger partial charge in [0.15, 0.2) is 11.9 Å². The van der Waals surface area contributed by atoms with Gasteiger partial charge < -0.3 is 10.1 Å². The largest absolute Gasteiger partial charge is 0.453 e. The molecule has 0 spiro atoms. The average Bonchev–Trinajstić information content (AvgIpc) is 3.18. The highest BCUT2D eigenvalue weighted by molar-refractivity contribution is 7.14. The lowest BCUT2D eigenvalue weighted by Crippen LogP contribution is -2.30. The minimum atomic E-state index is -1.02. The molecule has 0 saturated heterocycles. The van der Waals surface area contributed by atoms with Gasteiger partial charge in [0.25, 0.3) is 5.91 Å². The fourth-order valence-electron chi connectivity index (χ4n) is 3.28. The van der Waals surface area contributed by atoms with E-state index in [1.807, 2.05) is 24.3 Å². The first-order chi connectivity index (χ1) is 14.0. The zero-order chi connectivity index (χ0) is 20.8. The minimum Gasteiger partial charge on any atom is -0.453 e. The van der Waals surface area contributed by atoms with Crippen LogP contribution in [0.1, 0.15) is 59.7 Å². The number of aryl methyl sites for hydroxylation is 2. The van der Waals surface area contributed by atoms with Crippen LogP contribution in [0.3, 0.4) is 0 Å². The molecule has 150 valence electrons. The molecular weight excluding hydrogens is 388 g/mol. The number of thiophene rings is 1. The molecule has 1 atom stereocenters. The standard InChI is InChI=1S/C22H22N2O4S/c1-14(21(27)24-22-18(13-23)10-11-29-22)28-20(26)9-8-19(25)17-7-6-15-4-2-3-5-16(15)12-17/h6-7,10-12,14H,2-5,8-9H2,1H3,(H,24,27)/t14-/m1/s1. The van der Waals surface area contributed by atoms with E-state index in [2.05, 4.69) is 5.32 Å². The second kappa shape index (κ2) is 9.48. The first-order valence-electron chi connectivity index (χ1n) is 9.61. The van der Waals surface area contributed by atoms with Crippen molar-refractivity contribution in [3.63, 3.8) is 0 Å². The third kappa shape index (κ3) is 5.30. The Morgan fingerprint density at radius 3 is 2.69 bits per heavy atom. The fraction of sp³-hybridized carbons (Fsp3) is 0.364. The number of rotatable bonds is 7. The molecule has 6 nitrogen and oxygen atoms in total. The van der Waals surface area contributed by atoms with Crippen LogP contribution in [0.4, 0.5) is 5.00 Å². The van der Waals surface area contributed by atoms with E-state index in [9.17, 15) is 14.4 Å². The third-order valence-electron chi connectivity index (χ3n) is 4.93. The van der Waals surface area contributed by atoms with Crippen LogP contribution in [0.25, 0.3) is 0 Å². The summed E-state index contributed by atoms with van der Waals surface area (Å²) in [5.74, 6) is -1.23. The molecule has 29 heavy (non-hydrogen) atoms. The predicted octanol–water partition coefficient (Wildman–Crippen LogP) is 4.03. The lowest BCUT2D eigenvalue weighted by atomic mass is 9.89. The topological polar surface area (TPSA) is 96.3 Å². The van der Waals surface area contributed by atoms with Gasteiger partial charge in [0.1, 0.15) is 11.1 Å². The molecule has 1 aliphatic rings. The lowest BCUT2D eigenvalue weighted by Gasteiger charge is -2.16. The van der Waals surface area contributed by atoms with Crippen LogP contribution in [0.2, 0.25) is 0 Å². The monoisotopic (exact) mass is 410 g/mol. The first kappa shape index (κ1) is 20.7. The number of carbonyl (C=O) groups excluding carboxylic acids is 3. The number of nitrogens with zero attached hydrogens (tertiary/aromatic N) is 1. The highest BCUT2D eigenvalue weighted by atomic mass is 32.1. The Labute approximate surface area is 173 Å². The SMILES string of the molecule is C[C@@H](OC(=O)CCC(=O)c1ccc2c(c1)CCCC2)C(=O)Nc1sccc1C#N. The van der Waals surface area contributed by atoms with Crippen molar-refractivity contribution in [3.05, 3.63) is 51.9 Å². The number of carbonyl (C=O) groups is 3. The van der Waals surface area contributed by atoms with Crippen molar-refractivity contribution in [1.82, 2.24) is 0 Å². The van der Waals surface area contributed by atoms with E-state index in [1.54, 1.807) is 11.4 Å². The molecule has 0 fully saturated rings. The summed E-state index contributed by atoms with van der Waals surface area (Å²) in [5.41, 5.74) is 3.50. The van der Waals surface area contributed by atoms with Crippen molar-refractivity contribution >= 4 is 34.0 Å². The van der Waals surface area contributed by atoms with E-state index in [-0.39, 0.29) is 18.6 Å². The average molecular weight is 410 g/mol. The summed E-state index contributed by atoms with van der Waals surface area (Å²) in [6, 6.07) is 9.34. The van der Waals surface area contributed by atoms with E-state index in [1.165, 1.54) is 35.8 Å². The van der Waals surface area contributed by atoms with Crippen molar-refractivity contribution in [2.24, 2.45) is 0 Å². The molecule has 1 heterocycles. The Hall–Kier alpha value is -2.98. The van der Waals surface area contributed by atoms with Crippen molar-refractivity contribution < 1.29 is 19.1 Å². The Morgan fingerprint density at radius 1 is 1.17 bits per heavy atom. The lowest BCUT2D eigenvalue weighted by molar-refractivity contribution is -0.153. The number of ketones is 1. The van der Waals surface area contributed by atoms with Crippen LogP contribution in [0.15, 0.2) is 29.6 Å². The number of esters is 1. The normalized spacial score (nSPS) is 13.7. The van der Waals surface area contributed by atoms with Crippen molar-refractivity contribution in [2.45, 2.75) is 51.6 Å². The van der Waals surface area contributed by atoms with Crippen LogP contribution in [-0.2, 0) is 27.2 Å². The van der Waals surface area contributed by atoms with E-state index < -0.39 is 18.0 Å². The van der Waals surface area contributed by atoms with Crippen LogP contribution in [0.5, 0.6) is 0 Å². The number of benzene rings is 1. The van der Waals surface area contributed by atoms with E-state index in [4.69, 9.17) is 10.00 Å². The number of hydrogen-bond donors (Lipinski definition) is 1. The highest BCUT2D eigenvalue weighted by Crippen LogP contribution is 2.24. The molecule has 0 bridgehead atoms. The summed E-state index contributed by atoms with van der Waals surface area (Å²) in [5, 5.41) is 13.7. The number of hydrogen-bond acceptors (Lipinski definition) is 6. The summed E-state index contributed by atoms with van der Waals surface area (Å²) in [4.78, 5) is 36.6. The molecule has 0 aliphatic heterocycles. The second-order valence-electron chi connectivity index (χ2n) is 7.01. The Balaban J connectivity index is 1.48. The van der Waals surface area contributed by atoms with Crippen LogP contribution >= 0.6 is 11.3 Å². The summed E-state index contributed by atoms with van der Waals surface area (Å²) >= 11 is 1.22. The minimum absolute atomic E-state index is 0.0372. The Bertz CT molecular complexity index is 973. The molecule has 0 saturated carbocycles. The summed E-state index contributed by atoms with van der Waals surface area (Å²) in [7, 11) is 0. The fourth-order valence-corrected chi connectivity index (χ4v) is 4.02. The Kier molecular flexibility index (Phi) is 6.78. The van der Waals surface area contributed by atoms with Crippen LogP contribution < -0.4 is 5.32 Å². The molecular formula is C22H22N2O4S. The van der Waals surface area contributed by atoms with Gasteiger partial charge in [-0.1, -0.05) is 12.1 Å².